The van der Waals surface area contributed by atoms with Crippen molar-refractivity contribution in [2.75, 3.05) is 41.5 Å². The summed E-state index contributed by atoms with van der Waals surface area (Å²) in [6, 6.07) is 8.07. The molecular formula is C15H25N3O2. The van der Waals surface area contributed by atoms with Crippen molar-refractivity contribution in [2.24, 2.45) is 4.99 Å². The molecule has 0 heterocycles. The summed E-state index contributed by atoms with van der Waals surface area (Å²) in [4.78, 5) is 6.37. The second-order valence-electron chi connectivity index (χ2n) is 4.52. The fourth-order valence-electron chi connectivity index (χ4n) is 1.88. The second-order valence-corrected chi connectivity index (χ2v) is 4.52. The van der Waals surface area contributed by atoms with Gasteiger partial charge in [0.25, 0.3) is 0 Å². The van der Waals surface area contributed by atoms with Gasteiger partial charge in [0.1, 0.15) is 5.75 Å². The molecule has 1 aromatic rings. The van der Waals surface area contributed by atoms with E-state index < -0.39 is 0 Å². The molecule has 0 aliphatic rings. The maximum absolute atomic E-state index is 5.16. The summed E-state index contributed by atoms with van der Waals surface area (Å²) in [5, 5.41) is 3.32. The molecular weight excluding hydrogens is 254 g/mol. The van der Waals surface area contributed by atoms with E-state index >= 15 is 0 Å². The van der Waals surface area contributed by atoms with Crippen molar-refractivity contribution in [1.29, 1.82) is 0 Å². The van der Waals surface area contributed by atoms with Gasteiger partial charge in [0, 0.05) is 40.9 Å². The molecule has 0 spiro atoms. The van der Waals surface area contributed by atoms with Crippen LogP contribution in [0.4, 0.5) is 0 Å². The second kappa shape index (κ2) is 9.20. The average Bonchev–Trinajstić information content (AvgIpc) is 2.48. The van der Waals surface area contributed by atoms with E-state index in [1.54, 1.807) is 21.3 Å². The van der Waals surface area contributed by atoms with Crippen molar-refractivity contribution in [3.05, 3.63) is 29.8 Å². The molecule has 0 bridgehead atoms. The number of nitrogens with zero attached hydrogens (tertiary/aromatic N) is 2. The van der Waals surface area contributed by atoms with Crippen LogP contribution >= 0.6 is 0 Å². The molecule has 0 saturated heterocycles. The van der Waals surface area contributed by atoms with Gasteiger partial charge in [-0.05, 0) is 24.1 Å². The zero-order valence-corrected chi connectivity index (χ0v) is 12.8. The Morgan fingerprint density at radius 3 is 2.50 bits per heavy atom. The predicted molar refractivity (Wildman–Crippen MR) is 82.3 cm³/mol. The summed E-state index contributed by atoms with van der Waals surface area (Å²) in [7, 11) is 7.20. The third kappa shape index (κ3) is 5.48. The third-order valence-electron chi connectivity index (χ3n) is 2.96. The van der Waals surface area contributed by atoms with Gasteiger partial charge in [0.15, 0.2) is 5.96 Å². The third-order valence-corrected chi connectivity index (χ3v) is 2.96. The van der Waals surface area contributed by atoms with Crippen LogP contribution in [0.1, 0.15) is 12.0 Å². The van der Waals surface area contributed by atoms with E-state index in [4.69, 9.17) is 9.47 Å². The molecule has 5 heteroatoms. The highest BCUT2D eigenvalue weighted by molar-refractivity contribution is 5.79. The highest BCUT2D eigenvalue weighted by Crippen LogP contribution is 2.12. The lowest BCUT2D eigenvalue weighted by molar-refractivity contribution is 0.195. The zero-order valence-electron chi connectivity index (χ0n) is 12.8. The molecule has 1 rings (SSSR count). The molecule has 0 aliphatic heterocycles. The Hall–Kier alpha value is -1.75. The highest BCUT2D eigenvalue weighted by atomic mass is 16.5. The van der Waals surface area contributed by atoms with Crippen LogP contribution in [0, 0.1) is 0 Å². The van der Waals surface area contributed by atoms with Gasteiger partial charge in [-0.15, -0.1) is 0 Å². The van der Waals surface area contributed by atoms with Gasteiger partial charge < -0.3 is 19.7 Å². The van der Waals surface area contributed by atoms with E-state index in [1.165, 1.54) is 5.56 Å². The Bertz CT molecular complexity index is 404. The fraction of sp³-hybridized carbons (Fsp3) is 0.533. The van der Waals surface area contributed by atoms with Gasteiger partial charge in [-0.2, -0.15) is 0 Å². The molecule has 0 radical (unpaired) electrons. The van der Waals surface area contributed by atoms with Crippen LogP contribution in [0.5, 0.6) is 5.75 Å². The number of hydrogen-bond donors (Lipinski definition) is 1. The van der Waals surface area contributed by atoms with Crippen LogP contribution in [0.15, 0.2) is 29.3 Å². The molecule has 0 unspecified atom stereocenters. The van der Waals surface area contributed by atoms with E-state index in [0.29, 0.717) is 0 Å². The molecule has 0 fully saturated rings. The van der Waals surface area contributed by atoms with Gasteiger partial charge in [0.05, 0.1) is 7.11 Å². The van der Waals surface area contributed by atoms with Gasteiger partial charge >= 0.3 is 0 Å². The zero-order chi connectivity index (χ0) is 14.8. The highest BCUT2D eigenvalue weighted by Gasteiger charge is 2.06. The smallest absolute Gasteiger partial charge is 0.193 e. The summed E-state index contributed by atoms with van der Waals surface area (Å²) in [5.74, 6) is 1.76. The predicted octanol–water partition coefficient (Wildman–Crippen LogP) is 1.74. The first-order valence-corrected chi connectivity index (χ1v) is 6.75. The molecule has 0 aromatic heterocycles. The molecule has 0 aliphatic carbocycles. The Morgan fingerprint density at radius 1 is 1.25 bits per heavy atom. The molecule has 20 heavy (non-hydrogen) atoms. The van der Waals surface area contributed by atoms with Crippen LogP contribution < -0.4 is 10.1 Å². The summed E-state index contributed by atoms with van der Waals surface area (Å²) < 4.78 is 10.2. The quantitative estimate of drug-likeness (QED) is 0.469. The number of hydrogen-bond acceptors (Lipinski definition) is 3. The van der Waals surface area contributed by atoms with Crippen molar-refractivity contribution >= 4 is 5.96 Å². The van der Waals surface area contributed by atoms with Crippen molar-refractivity contribution < 1.29 is 9.47 Å². The summed E-state index contributed by atoms with van der Waals surface area (Å²) in [5.41, 5.74) is 1.22. The number of nitrogens with one attached hydrogen (secondary N) is 1. The number of aliphatic imine (C=N–C) groups is 1. The molecule has 0 amide bonds. The standard InChI is InChI=1S/C15H25N3O2/c1-16-15(17-10-5-11-19-3)18(2)12-13-6-8-14(20-4)9-7-13/h6-9H,5,10-12H2,1-4H3,(H,16,17). The number of guanidine groups is 1. The lowest BCUT2D eigenvalue weighted by Crippen LogP contribution is -2.39. The minimum absolute atomic E-state index is 0.756. The molecule has 112 valence electrons. The van der Waals surface area contributed by atoms with Crippen LogP contribution in [-0.2, 0) is 11.3 Å². The normalized spacial score (nSPS) is 11.3. The lowest BCUT2D eigenvalue weighted by atomic mass is 10.2. The minimum Gasteiger partial charge on any atom is -0.497 e. The van der Waals surface area contributed by atoms with E-state index in [2.05, 4.69) is 27.3 Å². The van der Waals surface area contributed by atoms with Gasteiger partial charge in [0.2, 0.25) is 0 Å². The van der Waals surface area contributed by atoms with Gasteiger partial charge in [-0.1, -0.05) is 12.1 Å². The summed E-state index contributed by atoms with van der Waals surface area (Å²) >= 11 is 0. The average molecular weight is 279 g/mol. The minimum atomic E-state index is 0.756. The van der Waals surface area contributed by atoms with Crippen LogP contribution in [0.25, 0.3) is 0 Å². The molecule has 0 atom stereocenters. The first-order chi connectivity index (χ1) is 9.71. The number of rotatable bonds is 7. The van der Waals surface area contributed by atoms with Crippen molar-refractivity contribution in [3.63, 3.8) is 0 Å². The molecule has 5 nitrogen and oxygen atoms in total. The first kappa shape index (κ1) is 16.3. The first-order valence-electron chi connectivity index (χ1n) is 6.75. The van der Waals surface area contributed by atoms with E-state index in [9.17, 15) is 0 Å². The SMILES string of the molecule is CN=C(NCCCOC)N(C)Cc1ccc(OC)cc1. The van der Waals surface area contributed by atoms with Crippen molar-refractivity contribution in [1.82, 2.24) is 10.2 Å². The number of ether oxygens (including phenoxy) is 2. The summed E-state index contributed by atoms with van der Waals surface area (Å²) in [6.45, 7) is 2.41. The topological polar surface area (TPSA) is 46.1 Å². The Morgan fingerprint density at radius 2 is 1.95 bits per heavy atom. The van der Waals surface area contributed by atoms with Crippen LogP contribution in [0.3, 0.4) is 0 Å². The summed E-state index contributed by atoms with van der Waals surface area (Å²) in [6.07, 6.45) is 0.964. The number of methoxy groups -OCH3 is 2. The molecule has 1 aromatic carbocycles. The van der Waals surface area contributed by atoms with Gasteiger partial charge in [-0.25, -0.2) is 0 Å². The molecule has 0 saturated carbocycles. The van der Waals surface area contributed by atoms with Crippen LogP contribution in [-0.4, -0.2) is 52.3 Å². The monoisotopic (exact) mass is 279 g/mol. The Balaban J connectivity index is 2.47. The number of benzene rings is 1. The fourth-order valence-corrected chi connectivity index (χ4v) is 1.88. The maximum atomic E-state index is 5.16. The van der Waals surface area contributed by atoms with E-state index in [1.807, 2.05) is 19.2 Å². The molecule has 1 N–H and O–H groups in total. The van der Waals surface area contributed by atoms with E-state index in [-0.39, 0.29) is 0 Å². The van der Waals surface area contributed by atoms with E-state index in [0.717, 1.165) is 37.8 Å². The van der Waals surface area contributed by atoms with Crippen molar-refractivity contribution in [2.45, 2.75) is 13.0 Å². The largest absolute Gasteiger partial charge is 0.497 e. The Kier molecular flexibility index (Phi) is 7.50. The maximum Gasteiger partial charge on any atom is 0.193 e. The van der Waals surface area contributed by atoms with Crippen LogP contribution in [0.2, 0.25) is 0 Å². The lowest BCUT2D eigenvalue weighted by Gasteiger charge is -2.22. The van der Waals surface area contributed by atoms with Gasteiger partial charge in [-0.3, -0.25) is 4.99 Å². The van der Waals surface area contributed by atoms with Crippen molar-refractivity contribution in [3.8, 4) is 5.75 Å². The Labute approximate surface area is 121 Å².